The van der Waals surface area contributed by atoms with E-state index in [1.807, 2.05) is 6.08 Å². The van der Waals surface area contributed by atoms with Gasteiger partial charge in [0, 0.05) is 55.8 Å². The van der Waals surface area contributed by atoms with Crippen LogP contribution in [-0.4, -0.2) is 19.4 Å². The molecule has 0 radical (unpaired) electrons. The highest BCUT2D eigenvalue weighted by Crippen LogP contribution is 2.46. The van der Waals surface area contributed by atoms with Gasteiger partial charge in [-0.05, 0) is 109 Å². The molecule has 0 N–H and O–H groups in total. The van der Waals surface area contributed by atoms with E-state index in [-0.39, 0.29) is 5.41 Å². The minimum Gasteiger partial charge on any atom is -0.313 e. The zero-order chi connectivity index (χ0) is 39.0. The second kappa shape index (κ2) is 13.2. The van der Waals surface area contributed by atoms with Gasteiger partial charge < -0.3 is 13.7 Å². The molecular weight excluding hydrogens is 705 g/mol. The van der Waals surface area contributed by atoms with Crippen molar-refractivity contribution in [2.45, 2.75) is 31.6 Å². The van der Waals surface area contributed by atoms with Crippen molar-refractivity contribution in [2.75, 3.05) is 0 Å². The summed E-state index contributed by atoms with van der Waals surface area (Å²) < 4.78 is 7.36. The number of aliphatic imine (C=N–C) groups is 1. The third-order valence-electron chi connectivity index (χ3n) is 12.7. The van der Waals surface area contributed by atoms with Gasteiger partial charge in [-0.2, -0.15) is 0 Å². The lowest BCUT2D eigenvalue weighted by Gasteiger charge is -2.35. The minimum atomic E-state index is -0.0758. The average molecular weight is 747 g/mol. The highest BCUT2D eigenvalue weighted by Gasteiger charge is 2.36. The van der Waals surface area contributed by atoms with Crippen LogP contribution in [0.3, 0.4) is 0 Å². The first-order valence-electron chi connectivity index (χ1n) is 20.2. The lowest BCUT2D eigenvalue weighted by Crippen LogP contribution is -2.30. The lowest BCUT2D eigenvalue weighted by molar-refractivity contribution is 0.406. The van der Waals surface area contributed by atoms with E-state index in [0.717, 1.165) is 36.2 Å². The molecular formula is C54H42N4. The molecule has 0 bridgehead atoms. The van der Waals surface area contributed by atoms with E-state index >= 15 is 0 Å². The van der Waals surface area contributed by atoms with Gasteiger partial charge >= 0.3 is 0 Å². The molecule has 0 spiro atoms. The summed E-state index contributed by atoms with van der Waals surface area (Å²) in [5, 5.41) is 6.39. The summed E-state index contributed by atoms with van der Waals surface area (Å²) in [5.41, 5.74) is 15.5. The fourth-order valence-electron chi connectivity index (χ4n) is 10.0. The van der Waals surface area contributed by atoms with Crippen molar-refractivity contribution in [2.24, 2.45) is 4.99 Å². The fraction of sp³-hybridized carbons (Fsp3) is 0.0926. The van der Waals surface area contributed by atoms with E-state index in [9.17, 15) is 0 Å². The minimum absolute atomic E-state index is 0.0758. The summed E-state index contributed by atoms with van der Waals surface area (Å²) in [6.07, 6.45) is 6.38. The second-order valence-electron chi connectivity index (χ2n) is 15.9. The van der Waals surface area contributed by atoms with Crippen LogP contribution in [0.4, 0.5) is 0 Å². The van der Waals surface area contributed by atoms with Crippen molar-refractivity contribution in [1.29, 1.82) is 0 Å². The van der Waals surface area contributed by atoms with E-state index in [1.165, 1.54) is 82.7 Å². The van der Waals surface area contributed by atoms with Crippen molar-refractivity contribution >= 4 is 60.2 Å². The summed E-state index contributed by atoms with van der Waals surface area (Å²) >= 11 is 0. The zero-order valence-electron chi connectivity index (χ0n) is 32.6. The first-order chi connectivity index (χ1) is 28.6. The molecule has 3 aromatic heterocycles. The molecule has 1 atom stereocenters. The number of rotatable bonds is 7. The third-order valence-corrected chi connectivity index (χ3v) is 12.7. The Morgan fingerprint density at radius 1 is 0.552 bits per heavy atom. The van der Waals surface area contributed by atoms with Crippen molar-refractivity contribution in [3.63, 3.8) is 0 Å². The van der Waals surface area contributed by atoms with Gasteiger partial charge in [0.05, 0.1) is 39.0 Å². The van der Waals surface area contributed by atoms with Crippen LogP contribution in [0.25, 0.3) is 71.6 Å². The average Bonchev–Trinajstić information content (AvgIpc) is 3.91. The first kappa shape index (κ1) is 34.1. The third kappa shape index (κ3) is 5.04. The number of hydrogen-bond acceptors (Lipinski definition) is 1. The Labute approximate surface area is 337 Å². The summed E-state index contributed by atoms with van der Waals surface area (Å²) in [6, 6.07) is 60.1. The van der Waals surface area contributed by atoms with Crippen LogP contribution in [0.1, 0.15) is 35.7 Å². The number of hydrogen-bond donors (Lipinski definition) is 0. The quantitative estimate of drug-likeness (QED) is 0.145. The van der Waals surface area contributed by atoms with Gasteiger partial charge in [0.25, 0.3) is 0 Å². The van der Waals surface area contributed by atoms with Gasteiger partial charge in [-0.25, -0.2) is 0 Å². The number of benzene rings is 7. The SMILES string of the molecule is C=CN=C(C=C)c1ccccc1-n1c2ccccc2c2cc(C3(C)CCc4c(c5cc(-n6c7ccccc7c7ccccc76)ccc5n4-c4ccccc4)C3)ccc21. The van der Waals surface area contributed by atoms with Gasteiger partial charge in [0.15, 0.2) is 0 Å². The molecule has 0 fully saturated rings. The number of fused-ring (bicyclic) bond motifs is 9. The smallest absolute Gasteiger partial charge is 0.0716 e. The van der Waals surface area contributed by atoms with Crippen molar-refractivity contribution in [3.05, 3.63) is 212 Å². The molecule has 3 heterocycles. The maximum atomic E-state index is 4.58. The summed E-state index contributed by atoms with van der Waals surface area (Å²) in [6.45, 7) is 10.4. The van der Waals surface area contributed by atoms with E-state index < -0.39 is 0 Å². The van der Waals surface area contributed by atoms with Crippen LogP contribution in [0.15, 0.2) is 194 Å². The van der Waals surface area contributed by atoms with Crippen LogP contribution in [-0.2, 0) is 18.3 Å². The normalized spacial score (nSPS) is 15.8. The molecule has 4 nitrogen and oxygen atoms in total. The van der Waals surface area contributed by atoms with Gasteiger partial charge in [0.1, 0.15) is 0 Å². The fourth-order valence-corrected chi connectivity index (χ4v) is 10.0. The van der Waals surface area contributed by atoms with Gasteiger partial charge in [0.2, 0.25) is 0 Å². The molecule has 0 saturated heterocycles. The van der Waals surface area contributed by atoms with Gasteiger partial charge in [-0.3, -0.25) is 4.99 Å². The molecule has 278 valence electrons. The number of para-hydroxylation sites is 5. The largest absolute Gasteiger partial charge is 0.313 e. The molecule has 1 aliphatic rings. The first-order valence-corrected chi connectivity index (χ1v) is 20.2. The number of aromatic nitrogens is 3. The molecule has 1 aliphatic carbocycles. The lowest BCUT2D eigenvalue weighted by atomic mass is 9.69. The Morgan fingerprint density at radius 2 is 1.14 bits per heavy atom. The highest BCUT2D eigenvalue weighted by molar-refractivity contribution is 6.14. The monoisotopic (exact) mass is 746 g/mol. The van der Waals surface area contributed by atoms with Crippen LogP contribution in [0, 0.1) is 0 Å². The van der Waals surface area contributed by atoms with Gasteiger partial charge in [-0.15, -0.1) is 0 Å². The maximum absolute atomic E-state index is 4.58. The molecule has 0 amide bonds. The molecule has 7 aromatic carbocycles. The zero-order valence-corrected chi connectivity index (χ0v) is 32.6. The van der Waals surface area contributed by atoms with E-state index in [0.29, 0.717) is 0 Å². The summed E-state index contributed by atoms with van der Waals surface area (Å²) in [5.74, 6) is 0. The van der Waals surface area contributed by atoms with Gasteiger partial charge in [-0.1, -0.05) is 117 Å². The Kier molecular flexibility index (Phi) is 7.77. The van der Waals surface area contributed by atoms with E-state index in [1.54, 1.807) is 6.20 Å². The van der Waals surface area contributed by atoms with E-state index in [2.05, 4.69) is 203 Å². The Hall–Kier alpha value is -7.17. The number of allylic oxidation sites excluding steroid dienone is 1. The Balaban J connectivity index is 1.09. The Bertz CT molecular complexity index is 3260. The van der Waals surface area contributed by atoms with Crippen LogP contribution in [0.5, 0.6) is 0 Å². The van der Waals surface area contributed by atoms with Crippen LogP contribution < -0.4 is 0 Å². The van der Waals surface area contributed by atoms with Crippen LogP contribution >= 0.6 is 0 Å². The highest BCUT2D eigenvalue weighted by atomic mass is 15.0. The summed E-state index contributed by atoms with van der Waals surface area (Å²) in [7, 11) is 0. The molecule has 10 aromatic rings. The van der Waals surface area contributed by atoms with Crippen molar-refractivity contribution < 1.29 is 0 Å². The standard InChI is InChI=1S/C54H42N4/c1-4-46(55-5-2)42-22-12-16-26-50(42)58-49-25-15-11-21-41(49)43-33-36(27-29-52(43)58)54(3)32-31-53-45(35-54)44-34-38(28-30-51(44)56(53)37-17-7-6-8-18-37)57-47-23-13-9-19-39(47)40-20-10-14-24-48(40)57/h4-30,33-34H,1-2,31-32,35H2,3H3. The van der Waals surface area contributed by atoms with Crippen molar-refractivity contribution in [3.8, 4) is 17.1 Å². The predicted molar refractivity (Wildman–Crippen MR) is 245 cm³/mol. The number of nitrogens with zero attached hydrogens (tertiary/aromatic N) is 4. The predicted octanol–water partition coefficient (Wildman–Crippen LogP) is 13.4. The molecule has 4 heteroatoms. The second-order valence-corrected chi connectivity index (χ2v) is 15.9. The topological polar surface area (TPSA) is 27.1 Å². The van der Waals surface area contributed by atoms with E-state index in [4.69, 9.17) is 0 Å². The van der Waals surface area contributed by atoms with Crippen molar-refractivity contribution in [1.82, 2.24) is 13.7 Å². The Morgan fingerprint density at radius 3 is 1.84 bits per heavy atom. The molecule has 0 saturated carbocycles. The molecule has 0 aliphatic heterocycles. The van der Waals surface area contributed by atoms with Crippen LogP contribution in [0.2, 0.25) is 0 Å². The maximum Gasteiger partial charge on any atom is 0.0716 e. The molecule has 11 rings (SSSR count). The molecule has 1 unspecified atom stereocenters. The molecule has 58 heavy (non-hydrogen) atoms. The summed E-state index contributed by atoms with van der Waals surface area (Å²) in [4.78, 5) is 4.58.